The van der Waals surface area contributed by atoms with Crippen LogP contribution < -0.4 is 10.2 Å². The van der Waals surface area contributed by atoms with Crippen molar-refractivity contribution in [3.8, 4) is 0 Å². The molecule has 1 aromatic heterocycles. The van der Waals surface area contributed by atoms with Crippen LogP contribution >= 0.6 is 0 Å². The van der Waals surface area contributed by atoms with Gasteiger partial charge in [-0.3, -0.25) is 0 Å². The van der Waals surface area contributed by atoms with Crippen LogP contribution in [0.15, 0.2) is 12.3 Å². The highest BCUT2D eigenvalue weighted by Gasteiger charge is 2.32. The smallest absolute Gasteiger partial charge is 0.132 e. The Bertz CT molecular complexity index is 465. The lowest BCUT2D eigenvalue weighted by Gasteiger charge is -2.42. The third-order valence-electron chi connectivity index (χ3n) is 5.21. The maximum atomic E-state index is 4.73. The molecule has 3 heterocycles. The molecular formula is C16H23N3. The van der Waals surface area contributed by atoms with Crippen LogP contribution in [0, 0.1) is 0 Å². The van der Waals surface area contributed by atoms with Gasteiger partial charge >= 0.3 is 0 Å². The molecule has 19 heavy (non-hydrogen) atoms. The minimum atomic E-state index is 0.674. The van der Waals surface area contributed by atoms with Crippen LogP contribution in [0.2, 0.25) is 0 Å². The summed E-state index contributed by atoms with van der Waals surface area (Å²) >= 11 is 0. The summed E-state index contributed by atoms with van der Waals surface area (Å²) in [7, 11) is 0. The fraction of sp³-hybridized carbons (Fsp3) is 0.688. The minimum Gasteiger partial charge on any atom is -0.351 e. The second-order valence-corrected chi connectivity index (χ2v) is 6.27. The fourth-order valence-electron chi connectivity index (χ4n) is 4.23. The van der Waals surface area contributed by atoms with Crippen molar-refractivity contribution in [2.75, 3.05) is 24.5 Å². The van der Waals surface area contributed by atoms with Crippen molar-refractivity contribution in [2.24, 2.45) is 0 Å². The van der Waals surface area contributed by atoms with E-state index in [2.05, 4.69) is 22.5 Å². The van der Waals surface area contributed by atoms with E-state index < -0.39 is 0 Å². The number of fused-ring (bicyclic) bond motifs is 3. The number of piperazine rings is 1. The summed E-state index contributed by atoms with van der Waals surface area (Å²) in [4.78, 5) is 7.30. The first-order chi connectivity index (χ1) is 9.43. The van der Waals surface area contributed by atoms with Gasteiger partial charge in [0.05, 0.1) is 0 Å². The lowest BCUT2D eigenvalue weighted by molar-refractivity contribution is 0.434. The zero-order valence-corrected chi connectivity index (χ0v) is 11.6. The predicted octanol–water partition coefficient (Wildman–Crippen LogP) is 2.46. The highest BCUT2D eigenvalue weighted by molar-refractivity contribution is 5.55. The maximum absolute atomic E-state index is 4.73. The Hall–Kier alpha value is -1.09. The van der Waals surface area contributed by atoms with Crippen LogP contribution in [0.1, 0.15) is 49.1 Å². The Morgan fingerprint density at radius 1 is 1.21 bits per heavy atom. The number of nitrogens with zero attached hydrogens (tertiary/aromatic N) is 2. The molecule has 1 N–H and O–H groups in total. The standard InChI is InChI=1S/C16H23N3/c1-2-4-12(3-1)14-7-8-18-16-15(14)6-5-13-11-17-9-10-19(13)16/h7-8,12-13,17H,1-6,9-11H2. The lowest BCUT2D eigenvalue weighted by atomic mass is 9.87. The van der Waals surface area contributed by atoms with Gasteiger partial charge in [-0.1, -0.05) is 12.8 Å². The number of pyridine rings is 1. The summed E-state index contributed by atoms with van der Waals surface area (Å²) in [5.41, 5.74) is 3.20. The molecule has 2 fully saturated rings. The molecular weight excluding hydrogens is 234 g/mol. The molecule has 4 rings (SSSR count). The van der Waals surface area contributed by atoms with Crippen LogP contribution in [0.5, 0.6) is 0 Å². The van der Waals surface area contributed by atoms with Crippen molar-refractivity contribution in [1.29, 1.82) is 0 Å². The summed E-state index contributed by atoms with van der Waals surface area (Å²) in [6.07, 6.45) is 10.2. The largest absolute Gasteiger partial charge is 0.351 e. The van der Waals surface area contributed by atoms with E-state index in [9.17, 15) is 0 Å². The summed E-state index contributed by atoms with van der Waals surface area (Å²) in [5, 5.41) is 3.52. The van der Waals surface area contributed by atoms with E-state index in [4.69, 9.17) is 4.98 Å². The molecule has 0 bridgehead atoms. The topological polar surface area (TPSA) is 28.2 Å². The van der Waals surface area contributed by atoms with Crippen molar-refractivity contribution < 1.29 is 0 Å². The first kappa shape index (κ1) is 11.7. The summed E-state index contributed by atoms with van der Waals surface area (Å²) in [6.45, 7) is 3.36. The van der Waals surface area contributed by atoms with Crippen molar-refractivity contribution >= 4 is 5.82 Å². The Morgan fingerprint density at radius 3 is 3.00 bits per heavy atom. The molecule has 102 valence electrons. The molecule has 1 unspecified atom stereocenters. The molecule has 1 aliphatic carbocycles. The van der Waals surface area contributed by atoms with E-state index in [1.165, 1.54) is 44.3 Å². The first-order valence-corrected chi connectivity index (χ1v) is 7.88. The van der Waals surface area contributed by atoms with Gasteiger partial charge in [-0.15, -0.1) is 0 Å². The van der Waals surface area contributed by atoms with Gasteiger partial charge < -0.3 is 10.2 Å². The summed E-state index contributed by atoms with van der Waals surface area (Å²) < 4.78 is 0. The zero-order chi connectivity index (χ0) is 12.7. The van der Waals surface area contributed by atoms with Crippen LogP contribution in [0.4, 0.5) is 5.82 Å². The van der Waals surface area contributed by atoms with Crippen molar-refractivity contribution in [3.63, 3.8) is 0 Å². The SMILES string of the molecule is c1cc(C2CCCC2)c2c(n1)N1CCNCC1CC2. The Morgan fingerprint density at radius 2 is 2.11 bits per heavy atom. The maximum Gasteiger partial charge on any atom is 0.132 e. The molecule has 3 nitrogen and oxygen atoms in total. The number of anilines is 1. The van der Waals surface area contributed by atoms with Gasteiger partial charge in [-0.25, -0.2) is 4.98 Å². The van der Waals surface area contributed by atoms with Crippen LogP contribution in [0.3, 0.4) is 0 Å². The van der Waals surface area contributed by atoms with Crippen LogP contribution in [0.25, 0.3) is 0 Å². The van der Waals surface area contributed by atoms with Crippen molar-refractivity contribution in [1.82, 2.24) is 10.3 Å². The molecule has 1 saturated heterocycles. The second kappa shape index (κ2) is 4.78. The fourth-order valence-corrected chi connectivity index (χ4v) is 4.23. The highest BCUT2D eigenvalue weighted by Crippen LogP contribution is 2.40. The zero-order valence-electron chi connectivity index (χ0n) is 11.6. The quantitative estimate of drug-likeness (QED) is 0.837. The number of nitrogens with one attached hydrogen (secondary N) is 1. The molecule has 0 amide bonds. The Labute approximate surface area is 115 Å². The van der Waals surface area contributed by atoms with E-state index in [1.807, 2.05) is 0 Å². The van der Waals surface area contributed by atoms with Gasteiger partial charge in [0.15, 0.2) is 0 Å². The summed E-state index contributed by atoms with van der Waals surface area (Å²) in [6, 6.07) is 2.98. The number of hydrogen-bond acceptors (Lipinski definition) is 3. The lowest BCUT2D eigenvalue weighted by Crippen LogP contribution is -2.53. The summed E-state index contributed by atoms with van der Waals surface area (Å²) in [5.74, 6) is 2.12. The van der Waals surface area contributed by atoms with E-state index >= 15 is 0 Å². The molecule has 1 atom stereocenters. The molecule has 1 saturated carbocycles. The van der Waals surface area contributed by atoms with Gasteiger partial charge in [0.25, 0.3) is 0 Å². The van der Waals surface area contributed by atoms with Crippen molar-refractivity contribution in [2.45, 2.75) is 50.5 Å². The minimum absolute atomic E-state index is 0.674. The first-order valence-electron chi connectivity index (χ1n) is 7.88. The average molecular weight is 257 g/mol. The molecule has 1 aromatic rings. The molecule has 0 radical (unpaired) electrons. The average Bonchev–Trinajstić information content (AvgIpc) is 3.00. The van der Waals surface area contributed by atoms with Crippen LogP contribution in [-0.4, -0.2) is 30.7 Å². The molecule has 3 heteroatoms. The second-order valence-electron chi connectivity index (χ2n) is 6.27. The van der Waals surface area contributed by atoms with Crippen LogP contribution in [-0.2, 0) is 6.42 Å². The van der Waals surface area contributed by atoms with E-state index in [-0.39, 0.29) is 0 Å². The van der Waals surface area contributed by atoms with Gasteiger partial charge in [-0.2, -0.15) is 0 Å². The van der Waals surface area contributed by atoms with E-state index in [0.717, 1.165) is 25.6 Å². The van der Waals surface area contributed by atoms with Gasteiger partial charge in [0.1, 0.15) is 5.82 Å². The third kappa shape index (κ3) is 1.95. The highest BCUT2D eigenvalue weighted by atomic mass is 15.3. The molecule has 2 aliphatic heterocycles. The molecule has 0 aromatic carbocycles. The van der Waals surface area contributed by atoms with E-state index in [1.54, 1.807) is 11.1 Å². The number of aromatic nitrogens is 1. The number of rotatable bonds is 1. The Balaban J connectivity index is 1.72. The Kier molecular flexibility index (Phi) is 2.95. The van der Waals surface area contributed by atoms with Crippen molar-refractivity contribution in [3.05, 3.63) is 23.4 Å². The molecule has 0 spiro atoms. The monoisotopic (exact) mass is 257 g/mol. The normalized spacial score (nSPS) is 27.2. The van der Waals surface area contributed by atoms with E-state index in [0.29, 0.717) is 6.04 Å². The third-order valence-corrected chi connectivity index (χ3v) is 5.21. The number of hydrogen-bond donors (Lipinski definition) is 1. The molecule has 3 aliphatic rings. The van der Waals surface area contributed by atoms with Gasteiger partial charge in [0.2, 0.25) is 0 Å². The van der Waals surface area contributed by atoms with Gasteiger partial charge in [-0.05, 0) is 48.8 Å². The predicted molar refractivity (Wildman–Crippen MR) is 77.8 cm³/mol. The van der Waals surface area contributed by atoms with Gasteiger partial charge in [0, 0.05) is 31.9 Å².